The third-order valence-corrected chi connectivity index (χ3v) is 6.99. The van der Waals surface area contributed by atoms with Crippen molar-refractivity contribution in [3.63, 3.8) is 0 Å². The van der Waals surface area contributed by atoms with Crippen molar-refractivity contribution in [3.8, 4) is 0 Å². The molecule has 0 spiro atoms. The summed E-state index contributed by atoms with van der Waals surface area (Å²) in [7, 11) is 2.52. The van der Waals surface area contributed by atoms with Gasteiger partial charge in [-0.05, 0) is 25.3 Å². The number of hydrogen-bond donors (Lipinski definition) is 0. The van der Waals surface area contributed by atoms with Gasteiger partial charge >= 0.3 is 0 Å². The normalized spacial score (nSPS) is 30.0. The lowest BCUT2D eigenvalue weighted by Gasteiger charge is -2.52. The van der Waals surface area contributed by atoms with Crippen LogP contribution in [0.15, 0.2) is 48.5 Å². The molecule has 0 radical (unpaired) electrons. The number of unbranched alkanes of at least 4 members (excludes halogenated alkanes) is 3. The summed E-state index contributed by atoms with van der Waals surface area (Å²) in [6.07, 6.45) is 6.57. The molecule has 2 aliphatic heterocycles. The molecular formula is C23H30N+. The molecule has 0 aliphatic carbocycles. The topological polar surface area (TPSA) is 0 Å². The monoisotopic (exact) mass is 320 g/mol. The van der Waals surface area contributed by atoms with Crippen molar-refractivity contribution in [2.75, 3.05) is 13.6 Å². The zero-order chi connectivity index (χ0) is 16.8. The number of quaternary nitrogens is 1. The highest BCUT2D eigenvalue weighted by Crippen LogP contribution is 2.59. The van der Waals surface area contributed by atoms with Gasteiger partial charge in [0.25, 0.3) is 0 Å². The molecule has 0 N–H and O–H groups in total. The average molecular weight is 321 g/mol. The van der Waals surface area contributed by atoms with Crippen molar-refractivity contribution in [1.82, 2.24) is 0 Å². The van der Waals surface area contributed by atoms with E-state index in [1.807, 2.05) is 0 Å². The van der Waals surface area contributed by atoms with Gasteiger partial charge in [0.2, 0.25) is 0 Å². The molecule has 24 heavy (non-hydrogen) atoms. The van der Waals surface area contributed by atoms with Gasteiger partial charge in [-0.25, -0.2) is 0 Å². The summed E-state index contributed by atoms with van der Waals surface area (Å²) in [6.45, 7) is 6.09. The lowest BCUT2D eigenvalue weighted by molar-refractivity contribution is -0.981. The van der Waals surface area contributed by atoms with Crippen LogP contribution < -0.4 is 0 Å². The van der Waals surface area contributed by atoms with E-state index in [-0.39, 0.29) is 5.54 Å². The molecule has 4 rings (SSSR count). The number of benzene rings is 2. The van der Waals surface area contributed by atoms with E-state index in [0.29, 0.717) is 6.04 Å². The van der Waals surface area contributed by atoms with Gasteiger partial charge in [0.05, 0.1) is 13.6 Å². The van der Waals surface area contributed by atoms with Crippen molar-refractivity contribution >= 4 is 0 Å². The van der Waals surface area contributed by atoms with Gasteiger partial charge in [0.15, 0.2) is 0 Å². The molecule has 2 bridgehead atoms. The Morgan fingerprint density at radius 3 is 2.46 bits per heavy atom. The van der Waals surface area contributed by atoms with E-state index >= 15 is 0 Å². The van der Waals surface area contributed by atoms with E-state index in [4.69, 9.17) is 0 Å². The van der Waals surface area contributed by atoms with Gasteiger partial charge in [-0.15, -0.1) is 0 Å². The van der Waals surface area contributed by atoms with E-state index in [0.717, 1.165) is 4.48 Å². The predicted molar refractivity (Wildman–Crippen MR) is 101 cm³/mol. The molecule has 0 amide bonds. The minimum atomic E-state index is 0.0995. The van der Waals surface area contributed by atoms with Gasteiger partial charge in [-0.2, -0.15) is 0 Å². The van der Waals surface area contributed by atoms with Gasteiger partial charge < -0.3 is 4.48 Å². The Labute approximate surface area is 146 Å². The maximum atomic E-state index is 2.52. The second-order valence-corrected chi connectivity index (χ2v) is 8.09. The van der Waals surface area contributed by atoms with Crippen LogP contribution in [-0.4, -0.2) is 18.1 Å². The zero-order valence-electron chi connectivity index (χ0n) is 15.4. The van der Waals surface area contributed by atoms with Crippen molar-refractivity contribution < 1.29 is 4.48 Å². The van der Waals surface area contributed by atoms with E-state index in [2.05, 4.69) is 69.4 Å². The summed E-state index contributed by atoms with van der Waals surface area (Å²) < 4.78 is 1.16. The van der Waals surface area contributed by atoms with Gasteiger partial charge in [0, 0.05) is 23.1 Å². The Bertz CT molecular complexity index is 736. The molecule has 1 nitrogen and oxygen atoms in total. The molecule has 0 fully saturated rings. The average Bonchev–Trinajstić information content (AvgIpc) is 2.72. The van der Waals surface area contributed by atoms with E-state index in [9.17, 15) is 0 Å². The third kappa shape index (κ3) is 1.97. The summed E-state index contributed by atoms with van der Waals surface area (Å²) in [6, 6.07) is 19.0. The maximum absolute atomic E-state index is 2.52. The van der Waals surface area contributed by atoms with Crippen LogP contribution in [0.2, 0.25) is 0 Å². The summed E-state index contributed by atoms with van der Waals surface area (Å²) >= 11 is 0. The molecule has 0 saturated heterocycles. The zero-order valence-corrected chi connectivity index (χ0v) is 15.4. The minimum Gasteiger partial charge on any atom is -0.307 e. The van der Waals surface area contributed by atoms with Crippen LogP contribution >= 0.6 is 0 Å². The first-order valence-corrected chi connectivity index (χ1v) is 9.66. The summed E-state index contributed by atoms with van der Waals surface area (Å²) in [4.78, 5) is 0. The lowest BCUT2D eigenvalue weighted by Crippen LogP contribution is -2.59. The molecule has 2 heterocycles. The van der Waals surface area contributed by atoms with Gasteiger partial charge in [-0.1, -0.05) is 68.3 Å². The molecule has 0 unspecified atom stereocenters. The molecule has 3 atom stereocenters. The van der Waals surface area contributed by atoms with Crippen LogP contribution in [0.25, 0.3) is 0 Å². The fourth-order valence-corrected chi connectivity index (χ4v) is 5.48. The molecular weight excluding hydrogens is 290 g/mol. The summed E-state index contributed by atoms with van der Waals surface area (Å²) in [5, 5.41) is 0. The Morgan fingerprint density at radius 1 is 0.958 bits per heavy atom. The van der Waals surface area contributed by atoms with Crippen LogP contribution in [0.4, 0.5) is 0 Å². The minimum absolute atomic E-state index is 0.0995. The van der Waals surface area contributed by atoms with Crippen LogP contribution in [0, 0.1) is 0 Å². The third-order valence-electron chi connectivity index (χ3n) is 6.99. The lowest BCUT2D eigenvalue weighted by atomic mass is 9.78. The first-order valence-electron chi connectivity index (χ1n) is 9.66. The molecule has 2 aliphatic rings. The number of nitrogens with zero attached hydrogens (tertiary/aromatic N) is 1. The van der Waals surface area contributed by atoms with Crippen molar-refractivity contribution in [1.29, 1.82) is 0 Å². The molecule has 0 aromatic heterocycles. The van der Waals surface area contributed by atoms with Crippen LogP contribution in [0.1, 0.15) is 67.8 Å². The van der Waals surface area contributed by atoms with E-state index in [1.165, 1.54) is 38.6 Å². The molecule has 0 saturated carbocycles. The summed E-state index contributed by atoms with van der Waals surface area (Å²) in [5.74, 6) is 0. The Kier molecular flexibility index (Phi) is 3.80. The van der Waals surface area contributed by atoms with Crippen LogP contribution in [0.5, 0.6) is 0 Å². The molecule has 2 aromatic rings. The van der Waals surface area contributed by atoms with Gasteiger partial charge in [0.1, 0.15) is 11.6 Å². The fourth-order valence-electron chi connectivity index (χ4n) is 5.48. The van der Waals surface area contributed by atoms with Crippen molar-refractivity contribution in [3.05, 3.63) is 70.8 Å². The largest absolute Gasteiger partial charge is 0.307 e. The molecule has 2 aromatic carbocycles. The fraction of sp³-hybridized carbons (Fsp3) is 0.478. The molecule has 126 valence electrons. The highest BCUT2D eigenvalue weighted by atomic mass is 15.4. The van der Waals surface area contributed by atoms with Crippen LogP contribution in [0.3, 0.4) is 0 Å². The number of hydrogen-bond acceptors (Lipinski definition) is 0. The standard InChI is InChI=1S/C23H30N/c1-4-5-6-11-16-24(3)22-17-18-12-7-9-14-20(18)23(24,2)21-15-10-8-13-19(21)22/h7-10,12-15,22H,4-6,11,16-17H2,1-3H3/q+1/t22-,23+,24+/m0/s1. The highest BCUT2D eigenvalue weighted by Gasteiger charge is 2.61. The number of rotatable bonds is 5. The van der Waals surface area contributed by atoms with E-state index < -0.39 is 0 Å². The van der Waals surface area contributed by atoms with E-state index in [1.54, 1.807) is 22.3 Å². The Hall–Kier alpha value is -1.60. The molecule has 1 heteroatoms. The number of fused-ring (bicyclic) bond motifs is 7. The summed E-state index contributed by atoms with van der Waals surface area (Å²) in [5.41, 5.74) is 6.38. The maximum Gasteiger partial charge on any atom is 0.149 e. The van der Waals surface area contributed by atoms with Gasteiger partial charge in [-0.3, -0.25) is 0 Å². The number of likely N-dealkylation sites (N-methyl/N-ethyl adjacent to an activating group) is 1. The second kappa shape index (κ2) is 5.74. The first-order chi connectivity index (χ1) is 11.6. The first kappa shape index (κ1) is 15.9. The Morgan fingerprint density at radius 2 is 1.67 bits per heavy atom. The predicted octanol–water partition coefficient (Wildman–Crippen LogP) is 5.59. The van der Waals surface area contributed by atoms with Crippen molar-refractivity contribution in [2.24, 2.45) is 0 Å². The highest BCUT2D eigenvalue weighted by molar-refractivity contribution is 5.51. The smallest absolute Gasteiger partial charge is 0.149 e. The van der Waals surface area contributed by atoms with Crippen molar-refractivity contribution in [2.45, 2.75) is 57.5 Å². The SMILES string of the molecule is CCCCCC[N@+]1(C)[C@H]2Cc3ccccc3[C@]1(C)c1ccccc12. The van der Waals surface area contributed by atoms with Crippen LogP contribution in [-0.2, 0) is 12.0 Å². The Balaban J connectivity index is 1.83. The quantitative estimate of drug-likeness (QED) is 0.498. The second-order valence-electron chi connectivity index (χ2n) is 8.09.